The first-order chi connectivity index (χ1) is 12.3. The van der Waals surface area contributed by atoms with Crippen LogP contribution in [0.15, 0.2) is 78.4 Å². The van der Waals surface area contributed by atoms with Crippen molar-refractivity contribution in [3.05, 3.63) is 84.0 Å². The van der Waals surface area contributed by atoms with Crippen LogP contribution >= 0.6 is 11.3 Å². The number of pyridine rings is 1. The maximum Gasteiger partial charge on any atom is 0.126 e. The maximum atomic E-state index is 8.92. The third-order valence-corrected chi connectivity index (χ3v) is 4.83. The van der Waals surface area contributed by atoms with Crippen molar-refractivity contribution in [2.24, 2.45) is 0 Å². The Labute approximate surface area is 149 Å². The average molecular weight is 339 g/mol. The monoisotopic (exact) mass is 339 g/mol. The topological polar surface area (TPSA) is 49.6 Å². The molecule has 0 spiro atoms. The molecule has 0 N–H and O–H groups in total. The van der Waals surface area contributed by atoms with E-state index >= 15 is 0 Å². The zero-order valence-corrected chi connectivity index (χ0v) is 14.1. The van der Waals surface area contributed by atoms with Gasteiger partial charge in [0.15, 0.2) is 0 Å². The van der Waals surface area contributed by atoms with Crippen LogP contribution in [0.3, 0.4) is 0 Å². The number of thiazole rings is 1. The Bertz CT molecular complexity index is 1040. The predicted octanol–water partition coefficient (Wildman–Crippen LogP) is 5.41. The van der Waals surface area contributed by atoms with Crippen LogP contribution in [0, 0.1) is 11.3 Å². The van der Waals surface area contributed by atoms with Crippen molar-refractivity contribution in [3.63, 3.8) is 0 Å². The van der Waals surface area contributed by atoms with Crippen molar-refractivity contribution >= 4 is 11.3 Å². The summed E-state index contributed by atoms with van der Waals surface area (Å²) in [6.45, 7) is 0. The minimum absolute atomic E-state index is 0.651. The number of rotatable bonds is 3. The summed E-state index contributed by atoms with van der Waals surface area (Å²) in [5.74, 6) is 0. The molecule has 0 aliphatic rings. The van der Waals surface area contributed by atoms with E-state index in [-0.39, 0.29) is 0 Å². The van der Waals surface area contributed by atoms with Crippen molar-refractivity contribution in [2.45, 2.75) is 0 Å². The van der Waals surface area contributed by atoms with Crippen LogP contribution < -0.4 is 0 Å². The second-order valence-corrected chi connectivity index (χ2v) is 6.37. The third kappa shape index (κ3) is 3.06. The zero-order valence-electron chi connectivity index (χ0n) is 13.3. The van der Waals surface area contributed by atoms with Crippen LogP contribution in [0.1, 0.15) is 5.56 Å². The number of hydrogen-bond acceptors (Lipinski definition) is 4. The molecule has 4 aromatic rings. The van der Waals surface area contributed by atoms with Crippen molar-refractivity contribution in [1.29, 1.82) is 5.26 Å². The summed E-state index contributed by atoms with van der Waals surface area (Å²) in [6.07, 6.45) is 3.67. The molecule has 2 aromatic carbocycles. The van der Waals surface area contributed by atoms with Crippen LogP contribution in [-0.4, -0.2) is 9.97 Å². The van der Waals surface area contributed by atoms with E-state index in [1.165, 1.54) is 0 Å². The van der Waals surface area contributed by atoms with E-state index in [0.29, 0.717) is 5.56 Å². The lowest BCUT2D eigenvalue weighted by atomic mass is 10.0. The van der Waals surface area contributed by atoms with Crippen molar-refractivity contribution in [2.75, 3.05) is 0 Å². The van der Waals surface area contributed by atoms with Gasteiger partial charge >= 0.3 is 0 Å². The molecular formula is C21H13N3S. The van der Waals surface area contributed by atoms with Gasteiger partial charge in [-0.25, -0.2) is 4.98 Å². The molecule has 0 radical (unpaired) electrons. The molecule has 0 atom stereocenters. The van der Waals surface area contributed by atoms with Gasteiger partial charge in [0.05, 0.1) is 17.3 Å². The van der Waals surface area contributed by atoms with Gasteiger partial charge < -0.3 is 0 Å². The van der Waals surface area contributed by atoms with Gasteiger partial charge in [0.25, 0.3) is 0 Å². The maximum absolute atomic E-state index is 8.92. The molecule has 0 aliphatic carbocycles. The molecule has 118 valence electrons. The largest absolute Gasteiger partial charge is 0.264 e. The summed E-state index contributed by atoms with van der Waals surface area (Å²) in [7, 11) is 0. The first kappa shape index (κ1) is 15.3. The molecule has 25 heavy (non-hydrogen) atoms. The molecule has 2 aromatic heterocycles. The number of nitrogens with zero attached hydrogens (tertiary/aromatic N) is 3. The SMILES string of the molecule is N#Cc1ccc(-c2csc(-c3cnccc3-c3ccccc3)n2)cc1. The molecule has 0 saturated carbocycles. The number of nitriles is 1. The van der Waals surface area contributed by atoms with Gasteiger partial charge in [0.1, 0.15) is 5.01 Å². The van der Waals surface area contributed by atoms with Gasteiger partial charge in [0.2, 0.25) is 0 Å². The third-order valence-electron chi connectivity index (χ3n) is 3.95. The van der Waals surface area contributed by atoms with E-state index < -0.39 is 0 Å². The Morgan fingerprint density at radius 2 is 1.64 bits per heavy atom. The van der Waals surface area contributed by atoms with Crippen LogP contribution in [0.5, 0.6) is 0 Å². The molecule has 2 heterocycles. The van der Waals surface area contributed by atoms with Gasteiger partial charge in [-0.05, 0) is 29.3 Å². The Hall–Kier alpha value is -3.29. The van der Waals surface area contributed by atoms with Crippen LogP contribution in [0.2, 0.25) is 0 Å². The van der Waals surface area contributed by atoms with Gasteiger partial charge in [-0.1, -0.05) is 42.5 Å². The first-order valence-corrected chi connectivity index (χ1v) is 8.69. The lowest BCUT2D eigenvalue weighted by Gasteiger charge is -2.06. The molecular weight excluding hydrogens is 326 g/mol. The zero-order chi connectivity index (χ0) is 17.1. The number of aromatic nitrogens is 2. The average Bonchev–Trinajstić information content (AvgIpc) is 3.19. The molecule has 0 unspecified atom stereocenters. The lowest BCUT2D eigenvalue weighted by molar-refractivity contribution is 1.31. The normalized spacial score (nSPS) is 10.4. The molecule has 3 nitrogen and oxygen atoms in total. The highest BCUT2D eigenvalue weighted by Gasteiger charge is 2.12. The van der Waals surface area contributed by atoms with Crippen LogP contribution in [0.25, 0.3) is 33.0 Å². The molecule has 0 amide bonds. The molecule has 0 saturated heterocycles. The van der Waals surface area contributed by atoms with Crippen molar-refractivity contribution in [3.8, 4) is 39.0 Å². The first-order valence-electron chi connectivity index (χ1n) is 7.81. The van der Waals surface area contributed by atoms with Gasteiger partial charge in [-0.2, -0.15) is 5.26 Å². The molecule has 0 aliphatic heterocycles. The Morgan fingerprint density at radius 3 is 2.40 bits per heavy atom. The van der Waals surface area contributed by atoms with Crippen LogP contribution in [0.4, 0.5) is 0 Å². The molecule has 0 fully saturated rings. The van der Waals surface area contributed by atoms with Gasteiger partial charge in [-0.3, -0.25) is 4.98 Å². The van der Waals surface area contributed by atoms with E-state index in [0.717, 1.165) is 33.0 Å². The highest BCUT2D eigenvalue weighted by Crippen LogP contribution is 2.35. The minimum atomic E-state index is 0.651. The highest BCUT2D eigenvalue weighted by molar-refractivity contribution is 7.13. The summed E-state index contributed by atoms with van der Waals surface area (Å²) in [6, 6.07) is 21.9. The van der Waals surface area contributed by atoms with Gasteiger partial charge in [0, 0.05) is 28.9 Å². The number of benzene rings is 2. The van der Waals surface area contributed by atoms with Crippen molar-refractivity contribution < 1.29 is 0 Å². The van der Waals surface area contributed by atoms with E-state index in [2.05, 4.69) is 23.2 Å². The smallest absolute Gasteiger partial charge is 0.126 e. The fraction of sp³-hybridized carbons (Fsp3) is 0. The summed E-state index contributed by atoms with van der Waals surface area (Å²) in [4.78, 5) is 9.07. The fourth-order valence-electron chi connectivity index (χ4n) is 2.68. The Balaban J connectivity index is 1.75. The van der Waals surface area contributed by atoms with Gasteiger partial charge in [-0.15, -0.1) is 11.3 Å². The Kier molecular flexibility index (Phi) is 4.07. The predicted molar refractivity (Wildman–Crippen MR) is 101 cm³/mol. The summed E-state index contributed by atoms with van der Waals surface area (Å²) < 4.78 is 0. The quantitative estimate of drug-likeness (QED) is 0.501. The second-order valence-electron chi connectivity index (χ2n) is 5.51. The summed E-state index contributed by atoms with van der Waals surface area (Å²) >= 11 is 1.60. The molecule has 4 rings (SSSR count). The van der Waals surface area contributed by atoms with E-state index in [4.69, 9.17) is 10.2 Å². The highest BCUT2D eigenvalue weighted by atomic mass is 32.1. The summed E-state index contributed by atoms with van der Waals surface area (Å²) in [5, 5.41) is 11.9. The minimum Gasteiger partial charge on any atom is -0.264 e. The Morgan fingerprint density at radius 1 is 0.840 bits per heavy atom. The van der Waals surface area contributed by atoms with E-state index in [1.54, 1.807) is 17.5 Å². The van der Waals surface area contributed by atoms with Crippen LogP contribution in [-0.2, 0) is 0 Å². The second kappa shape index (κ2) is 6.68. The fourth-order valence-corrected chi connectivity index (χ4v) is 3.53. The standard InChI is InChI=1S/C21H13N3S/c22-12-15-6-8-17(9-7-15)20-14-25-21(24-20)19-13-23-11-10-18(19)16-4-2-1-3-5-16/h1-11,13-14H. The molecule has 4 heteroatoms. The number of hydrogen-bond donors (Lipinski definition) is 0. The van der Waals surface area contributed by atoms with Crippen molar-refractivity contribution in [1.82, 2.24) is 9.97 Å². The summed E-state index contributed by atoms with van der Waals surface area (Å²) in [5.41, 5.74) is 5.86. The van der Waals surface area contributed by atoms with E-state index in [1.807, 2.05) is 60.1 Å². The molecule has 0 bridgehead atoms. The van der Waals surface area contributed by atoms with E-state index in [9.17, 15) is 0 Å². The lowest BCUT2D eigenvalue weighted by Crippen LogP contribution is -1.86.